The molecule has 3 rings (SSSR count). The summed E-state index contributed by atoms with van der Waals surface area (Å²) >= 11 is 0. The highest BCUT2D eigenvalue weighted by molar-refractivity contribution is 6.37. The fraction of sp³-hybridized carbons (Fsp3) is 0.304. The van der Waals surface area contributed by atoms with E-state index in [1.54, 1.807) is 19.1 Å². The second kappa shape index (κ2) is 10.1. The molecule has 1 aliphatic heterocycles. The third kappa shape index (κ3) is 4.51. The van der Waals surface area contributed by atoms with E-state index >= 15 is 0 Å². The van der Waals surface area contributed by atoms with Gasteiger partial charge in [-0.05, 0) is 37.1 Å². The molecule has 0 aromatic heterocycles. The monoisotopic (exact) mass is 456 g/mol. The van der Waals surface area contributed by atoms with Gasteiger partial charge < -0.3 is 24.6 Å². The predicted octanol–water partition coefficient (Wildman–Crippen LogP) is 1.93. The number of hydrogen-bond donors (Lipinski definition) is 2. The number of nitrogens with one attached hydrogen (secondary N) is 1. The van der Waals surface area contributed by atoms with Crippen LogP contribution in [0.25, 0.3) is 0 Å². The van der Waals surface area contributed by atoms with Gasteiger partial charge in [0.05, 0.1) is 37.6 Å². The molecular weight excluding hydrogens is 432 g/mol. The molecule has 0 spiro atoms. The van der Waals surface area contributed by atoms with Gasteiger partial charge >= 0.3 is 5.97 Å². The van der Waals surface area contributed by atoms with Gasteiger partial charge in [-0.1, -0.05) is 12.1 Å². The number of fused-ring (bicyclic) bond motifs is 1. The van der Waals surface area contributed by atoms with E-state index in [0.717, 1.165) is 4.90 Å². The van der Waals surface area contributed by atoms with Gasteiger partial charge in [0, 0.05) is 6.42 Å². The zero-order chi connectivity index (χ0) is 24.1. The summed E-state index contributed by atoms with van der Waals surface area (Å²) in [7, 11) is 2.70. The number of carbonyl (C=O) groups excluding carboxylic acids is 4. The van der Waals surface area contributed by atoms with Crippen molar-refractivity contribution in [3.63, 3.8) is 0 Å². The second-order valence-corrected chi connectivity index (χ2v) is 6.99. The fourth-order valence-corrected chi connectivity index (χ4v) is 3.61. The van der Waals surface area contributed by atoms with Gasteiger partial charge in [0.15, 0.2) is 11.5 Å². The number of anilines is 2. The number of carbonyl (C=O) groups is 4. The van der Waals surface area contributed by atoms with Crippen molar-refractivity contribution in [2.75, 3.05) is 37.7 Å². The zero-order valence-electron chi connectivity index (χ0n) is 18.5. The molecule has 0 saturated carbocycles. The van der Waals surface area contributed by atoms with Crippen molar-refractivity contribution in [1.82, 2.24) is 0 Å². The van der Waals surface area contributed by atoms with Gasteiger partial charge in [0.25, 0.3) is 11.8 Å². The number of ether oxygens (including phenoxy) is 3. The maximum atomic E-state index is 13.5. The van der Waals surface area contributed by atoms with Gasteiger partial charge in [-0.2, -0.15) is 0 Å². The Labute approximate surface area is 190 Å². The number of amides is 3. The molecule has 2 aromatic rings. The molecule has 1 heterocycles. The first-order chi connectivity index (χ1) is 15.9. The quantitative estimate of drug-likeness (QED) is 0.432. The Kier molecular flexibility index (Phi) is 7.29. The van der Waals surface area contributed by atoms with Gasteiger partial charge in [0.1, 0.15) is 12.3 Å². The molecule has 3 amide bonds. The van der Waals surface area contributed by atoms with Crippen LogP contribution < -0.4 is 19.7 Å². The minimum Gasteiger partial charge on any atom is -0.493 e. The van der Waals surface area contributed by atoms with Crippen molar-refractivity contribution >= 4 is 35.1 Å². The van der Waals surface area contributed by atoms with Crippen LogP contribution in [-0.4, -0.2) is 56.2 Å². The van der Waals surface area contributed by atoms with Gasteiger partial charge in [-0.25, -0.2) is 4.90 Å². The average molecular weight is 456 g/mol. The minimum absolute atomic E-state index is 0.00603. The number of aliphatic hydroxyl groups is 1. The van der Waals surface area contributed by atoms with Crippen LogP contribution in [0.3, 0.4) is 0 Å². The molecule has 0 radical (unpaired) electrons. The summed E-state index contributed by atoms with van der Waals surface area (Å²) in [4.78, 5) is 51.3. The first-order valence-electron chi connectivity index (χ1n) is 10.2. The molecule has 174 valence electrons. The summed E-state index contributed by atoms with van der Waals surface area (Å²) in [6.45, 7) is 1.19. The van der Waals surface area contributed by atoms with Crippen LogP contribution in [-0.2, 0) is 20.7 Å². The maximum Gasteiger partial charge on any atom is 0.305 e. The van der Waals surface area contributed by atoms with Crippen molar-refractivity contribution in [3.8, 4) is 11.5 Å². The fourth-order valence-electron chi connectivity index (χ4n) is 3.61. The summed E-state index contributed by atoms with van der Waals surface area (Å²) in [5, 5.41) is 11.5. The molecule has 10 heteroatoms. The van der Waals surface area contributed by atoms with E-state index in [9.17, 15) is 19.2 Å². The highest BCUT2D eigenvalue weighted by atomic mass is 16.5. The number of nitrogens with zero attached hydrogens (tertiary/aromatic N) is 1. The molecule has 0 bridgehead atoms. The van der Waals surface area contributed by atoms with Crippen molar-refractivity contribution in [2.45, 2.75) is 19.8 Å². The predicted molar refractivity (Wildman–Crippen MR) is 118 cm³/mol. The summed E-state index contributed by atoms with van der Waals surface area (Å²) in [5.41, 5.74) is 0.837. The van der Waals surface area contributed by atoms with E-state index in [2.05, 4.69) is 5.32 Å². The molecule has 33 heavy (non-hydrogen) atoms. The van der Waals surface area contributed by atoms with E-state index in [1.807, 2.05) is 0 Å². The van der Waals surface area contributed by atoms with Crippen LogP contribution in [0.15, 0.2) is 30.3 Å². The first kappa shape index (κ1) is 23.7. The van der Waals surface area contributed by atoms with Crippen molar-refractivity contribution in [3.05, 3.63) is 47.0 Å². The lowest BCUT2D eigenvalue weighted by Gasteiger charge is -2.23. The number of aryl methyl sites for hydroxylation is 1. The van der Waals surface area contributed by atoms with Crippen molar-refractivity contribution < 1.29 is 38.5 Å². The molecule has 1 aliphatic rings. The Balaban J connectivity index is 2.16. The van der Waals surface area contributed by atoms with Crippen LogP contribution >= 0.6 is 0 Å². The molecule has 10 nitrogen and oxygen atoms in total. The Morgan fingerprint density at radius 3 is 2.48 bits per heavy atom. The highest BCUT2D eigenvalue weighted by Crippen LogP contribution is 2.45. The number of benzene rings is 2. The standard InChI is InChI=1S/C23H24N2O8/c1-4-33-21-16(31-2)10-8-13(9-11-18(28)32-3)20(21)25-22(29)14-6-5-7-15(19(14)23(25)30)24-17(27)12-26/h5-8,10,26H,4,9,11-12H2,1-3H3,(H,24,27). The summed E-state index contributed by atoms with van der Waals surface area (Å²) < 4.78 is 15.9. The van der Waals surface area contributed by atoms with E-state index in [0.29, 0.717) is 11.3 Å². The van der Waals surface area contributed by atoms with Crippen LogP contribution in [0.1, 0.15) is 39.6 Å². The summed E-state index contributed by atoms with van der Waals surface area (Å²) in [5.74, 6) is -2.00. The molecule has 2 aromatic carbocycles. The first-order valence-corrected chi connectivity index (χ1v) is 10.2. The summed E-state index contributed by atoms with van der Waals surface area (Å²) in [6, 6.07) is 7.74. The van der Waals surface area contributed by atoms with Crippen LogP contribution in [0.2, 0.25) is 0 Å². The van der Waals surface area contributed by atoms with E-state index < -0.39 is 30.3 Å². The highest BCUT2D eigenvalue weighted by Gasteiger charge is 2.41. The molecule has 2 N–H and O–H groups in total. The van der Waals surface area contributed by atoms with Gasteiger partial charge in [-0.3, -0.25) is 19.2 Å². The van der Waals surface area contributed by atoms with E-state index in [1.165, 1.54) is 32.4 Å². The number of imide groups is 1. The lowest BCUT2D eigenvalue weighted by molar-refractivity contribution is -0.140. The molecular formula is C23H24N2O8. The van der Waals surface area contributed by atoms with Crippen LogP contribution in [0.5, 0.6) is 11.5 Å². The average Bonchev–Trinajstić information content (AvgIpc) is 3.08. The lowest BCUT2D eigenvalue weighted by Crippen LogP contribution is -2.31. The number of methoxy groups -OCH3 is 2. The molecule has 0 saturated heterocycles. The maximum absolute atomic E-state index is 13.5. The lowest BCUT2D eigenvalue weighted by atomic mass is 10.0. The topological polar surface area (TPSA) is 131 Å². The molecule has 0 fully saturated rings. The zero-order valence-corrected chi connectivity index (χ0v) is 18.5. The molecule has 0 unspecified atom stereocenters. The molecule has 0 atom stereocenters. The van der Waals surface area contributed by atoms with Crippen molar-refractivity contribution in [1.29, 1.82) is 0 Å². The third-order valence-corrected chi connectivity index (χ3v) is 5.07. The normalized spacial score (nSPS) is 12.4. The molecule has 0 aliphatic carbocycles. The van der Waals surface area contributed by atoms with E-state index in [-0.39, 0.29) is 47.7 Å². The number of rotatable bonds is 9. The van der Waals surface area contributed by atoms with Gasteiger partial charge in [0.2, 0.25) is 5.91 Å². The Morgan fingerprint density at radius 1 is 1.09 bits per heavy atom. The SMILES string of the molecule is CCOc1c(OC)ccc(CCC(=O)OC)c1N1C(=O)c2cccc(NC(=O)CO)c2C1=O. The Hall–Kier alpha value is -3.92. The smallest absolute Gasteiger partial charge is 0.305 e. The number of esters is 1. The third-order valence-electron chi connectivity index (χ3n) is 5.07. The van der Waals surface area contributed by atoms with E-state index in [4.69, 9.17) is 19.3 Å². The van der Waals surface area contributed by atoms with Crippen LogP contribution in [0, 0.1) is 0 Å². The minimum atomic E-state index is -0.780. The Bertz CT molecular complexity index is 1110. The second-order valence-electron chi connectivity index (χ2n) is 6.99. The number of hydrogen-bond acceptors (Lipinski definition) is 8. The van der Waals surface area contributed by atoms with Gasteiger partial charge in [-0.15, -0.1) is 0 Å². The number of aliphatic hydroxyl groups excluding tert-OH is 1. The van der Waals surface area contributed by atoms with Crippen molar-refractivity contribution in [2.24, 2.45) is 0 Å². The largest absolute Gasteiger partial charge is 0.493 e. The van der Waals surface area contributed by atoms with Crippen LogP contribution in [0.4, 0.5) is 11.4 Å². The Morgan fingerprint density at radius 2 is 1.85 bits per heavy atom. The summed E-state index contributed by atoms with van der Waals surface area (Å²) in [6.07, 6.45) is 0.190.